The van der Waals surface area contributed by atoms with Crippen molar-refractivity contribution in [1.29, 1.82) is 0 Å². The van der Waals surface area contributed by atoms with Gasteiger partial charge in [-0.3, -0.25) is 14.4 Å². The summed E-state index contributed by atoms with van der Waals surface area (Å²) in [6.45, 7) is 1.98. The van der Waals surface area contributed by atoms with E-state index in [1.165, 1.54) is 0 Å². The van der Waals surface area contributed by atoms with Crippen molar-refractivity contribution in [3.8, 4) is 0 Å². The second-order valence-corrected chi connectivity index (χ2v) is 8.17. The standard InChI is InChI=1S/C23H34N4O6/c1-2-33-21(31)23(12-4-3-5-13-23)20(30)27-18(7-6-14-25-22(24)32)19(29)26-17-10-8-16(15-28)9-11-17/h8-11,18,28H,2-7,12-15H2,1H3,(H,26,29)(H,27,30)(H3,24,25,32)/t18-/m0/s1. The number of esters is 1. The van der Waals surface area contributed by atoms with Crippen molar-refractivity contribution in [2.45, 2.75) is 64.5 Å². The molecule has 6 N–H and O–H groups in total. The van der Waals surface area contributed by atoms with Gasteiger partial charge in [0, 0.05) is 12.2 Å². The van der Waals surface area contributed by atoms with Crippen LogP contribution in [0, 0.1) is 5.41 Å². The zero-order valence-corrected chi connectivity index (χ0v) is 19.0. The molecular weight excluding hydrogens is 428 g/mol. The molecule has 10 heteroatoms. The van der Waals surface area contributed by atoms with Crippen LogP contribution in [0.25, 0.3) is 0 Å². The molecule has 0 aromatic heterocycles. The summed E-state index contributed by atoms with van der Waals surface area (Å²) in [5.74, 6) is -1.52. The summed E-state index contributed by atoms with van der Waals surface area (Å²) in [4.78, 5) is 50.0. The molecule has 1 aliphatic rings. The first-order valence-corrected chi connectivity index (χ1v) is 11.3. The highest BCUT2D eigenvalue weighted by Crippen LogP contribution is 2.38. The van der Waals surface area contributed by atoms with Crippen molar-refractivity contribution in [2.75, 3.05) is 18.5 Å². The van der Waals surface area contributed by atoms with Crippen LogP contribution < -0.4 is 21.7 Å². The number of nitrogens with one attached hydrogen (secondary N) is 3. The summed E-state index contributed by atoms with van der Waals surface area (Å²) in [5.41, 5.74) is 4.98. The van der Waals surface area contributed by atoms with Crippen LogP contribution in [0.15, 0.2) is 24.3 Å². The smallest absolute Gasteiger partial charge is 0.321 e. The second-order valence-electron chi connectivity index (χ2n) is 8.17. The molecule has 4 amide bonds. The number of benzene rings is 1. The average Bonchev–Trinajstić information content (AvgIpc) is 2.81. The first-order chi connectivity index (χ1) is 15.8. The Morgan fingerprint density at radius 3 is 2.36 bits per heavy atom. The van der Waals surface area contributed by atoms with Crippen molar-refractivity contribution in [1.82, 2.24) is 10.6 Å². The molecular formula is C23H34N4O6. The van der Waals surface area contributed by atoms with Gasteiger partial charge in [-0.25, -0.2) is 4.79 Å². The van der Waals surface area contributed by atoms with Crippen LogP contribution in [0.4, 0.5) is 10.5 Å². The second kappa shape index (κ2) is 12.8. The van der Waals surface area contributed by atoms with Gasteiger partial charge in [0.1, 0.15) is 11.5 Å². The molecule has 33 heavy (non-hydrogen) atoms. The van der Waals surface area contributed by atoms with Gasteiger partial charge in [0.15, 0.2) is 0 Å². The van der Waals surface area contributed by atoms with Gasteiger partial charge in [0.05, 0.1) is 13.2 Å². The Balaban J connectivity index is 2.16. The molecule has 1 fully saturated rings. The minimum Gasteiger partial charge on any atom is -0.465 e. The summed E-state index contributed by atoms with van der Waals surface area (Å²) < 4.78 is 5.21. The van der Waals surface area contributed by atoms with E-state index in [1.54, 1.807) is 31.2 Å². The van der Waals surface area contributed by atoms with Crippen molar-refractivity contribution in [2.24, 2.45) is 11.1 Å². The van der Waals surface area contributed by atoms with E-state index in [0.29, 0.717) is 30.5 Å². The van der Waals surface area contributed by atoms with Gasteiger partial charge >= 0.3 is 12.0 Å². The number of hydrogen-bond donors (Lipinski definition) is 5. The highest BCUT2D eigenvalue weighted by molar-refractivity contribution is 6.05. The number of rotatable bonds is 11. The molecule has 0 bridgehead atoms. The van der Waals surface area contributed by atoms with E-state index in [2.05, 4.69) is 16.0 Å². The fourth-order valence-electron chi connectivity index (χ4n) is 3.95. The Kier molecular flexibility index (Phi) is 10.1. The van der Waals surface area contributed by atoms with Crippen LogP contribution in [0.1, 0.15) is 57.4 Å². The van der Waals surface area contributed by atoms with E-state index in [1.807, 2.05) is 0 Å². The van der Waals surface area contributed by atoms with Crippen molar-refractivity contribution >= 4 is 29.5 Å². The molecule has 0 heterocycles. The quantitative estimate of drug-likeness (QED) is 0.191. The zero-order valence-electron chi connectivity index (χ0n) is 19.0. The highest BCUT2D eigenvalue weighted by atomic mass is 16.5. The summed E-state index contributed by atoms with van der Waals surface area (Å²) >= 11 is 0. The first kappa shape index (κ1) is 26.1. The number of aliphatic hydroxyl groups excluding tert-OH is 1. The monoisotopic (exact) mass is 462 g/mol. The maximum Gasteiger partial charge on any atom is 0.321 e. The lowest BCUT2D eigenvalue weighted by Gasteiger charge is -2.34. The highest BCUT2D eigenvalue weighted by Gasteiger charge is 2.48. The van der Waals surface area contributed by atoms with E-state index in [-0.39, 0.29) is 26.2 Å². The normalized spacial score (nSPS) is 15.7. The third kappa shape index (κ3) is 7.45. The van der Waals surface area contributed by atoms with E-state index in [4.69, 9.17) is 10.5 Å². The minimum atomic E-state index is -1.30. The maximum atomic E-state index is 13.3. The number of nitrogens with two attached hydrogens (primary N) is 1. The predicted octanol–water partition coefficient (Wildman–Crippen LogP) is 1.56. The molecule has 0 radical (unpaired) electrons. The number of hydrogen-bond acceptors (Lipinski definition) is 6. The number of carbonyl (C=O) groups excluding carboxylic acids is 4. The number of aliphatic hydroxyl groups is 1. The van der Waals surface area contributed by atoms with Gasteiger partial charge < -0.3 is 31.5 Å². The predicted molar refractivity (Wildman–Crippen MR) is 122 cm³/mol. The van der Waals surface area contributed by atoms with Gasteiger partial charge in [-0.15, -0.1) is 0 Å². The van der Waals surface area contributed by atoms with E-state index in [0.717, 1.165) is 19.3 Å². The van der Waals surface area contributed by atoms with E-state index in [9.17, 15) is 24.3 Å². The number of urea groups is 1. The molecule has 10 nitrogen and oxygen atoms in total. The molecule has 1 saturated carbocycles. The Hall–Kier alpha value is -3.14. The van der Waals surface area contributed by atoms with Crippen molar-refractivity contribution < 1.29 is 29.0 Å². The summed E-state index contributed by atoms with van der Waals surface area (Å²) in [6.07, 6.45) is 3.74. The largest absolute Gasteiger partial charge is 0.465 e. The fourth-order valence-corrected chi connectivity index (χ4v) is 3.95. The third-order valence-electron chi connectivity index (χ3n) is 5.80. The Morgan fingerprint density at radius 2 is 1.79 bits per heavy atom. The summed E-state index contributed by atoms with van der Waals surface area (Å²) in [7, 11) is 0. The molecule has 0 aliphatic heterocycles. The van der Waals surface area contributed by atoms with E-state index < -0.39 is 35.3 Å². The van der Waals surface area contributed by atoms with Crippen LogP contribution in [-0.2, 0) is 25.7 Å². The van der Waals surface area contributed by atoms with Crippen LogP contribution in [-0.4, -0.2) is 48.1 Å². The molecule has 0 unspecified atom stereocenters. The number of carbonyl (C=O) groups is 4. The molecule has 182 valence electrons. The summed E-state index contributed by atoms with van der Waals surface area (Å²) in [6, 6.07) is 5.05. The SMILES string of the molecule is CCOC(=O)C1(C(=O)N[C@@H](CCCNC(N)=O)C(=O)Nc2ccc(CO)cc2)CCCCC1. The van der Waals surface area contributed by atoms with Crippen molar-refractivity contribution in [3.05, 3.63) is 29.8 Å². The Bertz CT molecular complexity index is 821. The molecule has 0 saturated heterocycles. The number of anilines is 1. The first-order valence-electron chi connectivity index (χ1n) is 11.3. The van der Waals surface area contributed by atoms with Gasteiger partial charge in [0.2, 0.25) is 11.8 Å². The van der Waals surface area contributed by atoms with Gasteiger partial charge in [-0.05, 0) is 50.3 Å². The van der Waals surface area contributed by atoms with Crippen LogP contribution in [0.3, 0.4) is 0 Å². The Labute approximate surface area is 193 Å². The number of amides is 4. The summed E-state index contributed by atoms with van der Waals surface area (Å²) in [5, 5.41) is 17.2. The molecule has 1 aromatic carbocycles. The molecule has 1 atom stereocenters. The lowest BCUT2D eigenvalue weighted by molar-refractivity contribution is -0.164. The van der Waals surface area contributed by atoms with Crippen LogP contribution in [0.5, 0.6) is 0 Å². The topological polar surface area (TPSA) is 160 Å². The molecule has 0 spiro atoms. The molecule has 1 aromatic rings. The lowest BCUT2D eigenvalue weighted by Crippen LogP contribution is -2.54. The van der Waals surface area contributed by atoms with Gasteiger partial charge in [-0.2, -0.15) is 0 Å². The van der Waals surface area contributed by atoms with Gasteiger partial charge in [-0.1, -0.05) is 31.4 Å². The lowest BCUT2D eigenvalue weighted by atomic mass is 9.73. The molecule has 1 aliphatic carbocycles. The van der Waals surface area contributed by atoms with Gasteiger partial charge in [0.25, 0.3) is 0 Å². The fraction of sp³-hybridized carbons (Fsp3) is 0.565. The third-order valence-corrected chi connectivity index (χ3v) is 5.80. The number of ether oxygens (including phenoxy) is 1. The van der Waals surface area contributed by atoms with Crippen LogP contribution >= 0.6 is 0 Å². The molecule has 2 rings (SSSR count). The Morgan fingerprint density at radius 1 is 1.12 bits per heavy atom. The average molecular weight is 463 g/mol. The van der Waals surface area contributed by atoms with E-state index >= 15 is 0 Å². The maximum absolute atomic E-state index is 13.3. The van der Waals surface area contributed by atoms with Crippen LogP contribution in [0.2, 0.25) is 0 Å². The van der Waals surface area contributed by atoms with Crippen molar-refractivity contribution in [3.63, 3.8) is 0 Å². The minimum absolute atomic E-state index is 0.115. The number of primary amides is 1. The zero-order chi connectivity index (χ0) is 24.3.